The van der Waals surface area contributed by atoms with Gasteiger partial charge in [0.05, 0.1) is 25.4 Å². The van der Waals surface area contributed by atoms with Crippen LogP contribution in [0.15, 0.2) is 79.4 Å². The molecule has 0 heterocycles. The Balaban J connectivity index is 1.37. The van der Waals surface area contributed by atoms with Crippen molar-refractivity contribution in [3.63, 3.8) is 0 Å². The van der Waals surface area contributed by atoms with Gasteiger partial charge in [0.2, 0.25) is 6.79 Å². The molecule has 0 N–H and O–H groups in total. The smallest absolute Gasteiger partial charge is 0.343 e. The molecule has 42 heavy (non-hydrogen) atoms. The molecule has 8 nitrogen and oxygen atoms in total. The van der Waals surface area contributed by atoms with E-state index in [4.69, 9.17) is 28.4 Å². The van der Waals surface area contributed by atoms with Gasteiger partial charge in [0.25, 0.3) is 0 Å². The molecule has 0 aromatic heterocycles. The van der Waals surface area contributed by atoms with E-state index in [1.807, 2.05) is 31.2 Å². The first kappa shape index (κ1) is 32.1. The molecule has 0 atom stereocenters. The lowest BCUT2D eigenvalue weighted by atomic mass is 10.2. The van der Waals surface area contributed by atoms with Crippen LogP contribution in [0, 0.1) is 6.92 Å². The minimum atomic E-state index is -0.473. The summed E-state index contributed by atoms with van der Waals surface area (Å²) in [5.41, 5.74) is 1.15. The average Bonchev–Trinajstić information content (AvgIpc) is 3.01. The van der Waals surface area contributed by atoms with E-state index in [1.165, 1.54) is 19.3 Å². The lowest BCUT2D eigenvalue weighted by Crippen LogP contribution is -2.10. The quantitative estimate of drug-likeness (QED) is 0.0477. The number of hydrogen-bond acceptors (Lipinski definition) is 8. The molecule has 0 fully saturated rings. The Morgan fingerprint density at radius 3 is 1.86 bits per heavy atom. The molecule has 0 aliphatic rings. The zero-order chi connectivity index (χ0) is 30.0. The highest BCUT2D eigenvalue weighted by Gasteiger charge is 2.12. The predicted molar refractivity (Wildman–Crippen MR) is 161 cm³/mol. The SMILES string of the molecule is C=CC(=O)OCCCCOc1ccc(C(=O)Oc2ccc(OCOc3ccc(OCCCCCC)cc3)cc2C)cc1. The zero-order valence-corrected chi connectivity index (χ0v) is 24.5. The number of benzene rings is 3. The van der Waals surface area contributed by atoms with Gasteiger partial charge in [-0.15, -0.1) is 0 Å². The fraction of sp³-hybridized carbons (Fsp3) is 0.353. The van der Waals surface area contributed by atoms with Gasteiger partial charge in [0, 0.05) is 6.08 Å². The number of esters is 2. The van der Waals surface area contributed by atoms with Crippen molar-refractivity contribution in [3.8, 4) is 28.7 Å². The molecule has 0 aliphatic heterocycles. The highest BCUT2D eigenvalue weighted by Crippen LogP contribution is 2.25. The lowest BCUT2D eigenvalue weighted by Gasteiger charge is -2.12. The number of aryl methyl sites for hydroxylation is 1. The Morgan fingerprint density at radius 2 is 1.24 bits per heavy atom. The summed E-state index contributed by atoms with van der Waals surface area (Å²) in [4.78, 5) is 23.7. The van der Waals surface area contributed by atoms with Gasteiger partial charge in [-0.3, -0.25) is 0 Å². The molecule has 3 aromatic rings. The van der Waals surface area contributed by atoms with Crippen LogP contribution in [0.1, 0.15) is 61.4 Å². The summed E-state index contributed by atoms with van der Waals surface area (Å²) in [6, 6.07) is 19.4. The van der Waals surface area contributed by atoms with Crippen molar-refractivity contribution in [1.29, 1.82) is 0 Å². The van der Waals surface area contributed by atoms with E-state index in [0.717, 1.165) is 36.8 Å². The number of ether oxygens (including phenoxy) is 6. The first-order valence-corrected chi connectivity index (χ1v) is 14.3. The first-order valence-electron chi connectivity index (χ1n) is 14.3. The monoisotopic (exact) mass is 576 g/mol. The molecular formula is C34H40O8. The van der Waals surface area contributed by atoms with Crippen molar-refractivity contribution < 1.29 is 38.0 Å². The summed E-state index contributed by atoms with van der Waals surface area (Å²) < 4.78 is 33.3. The van der Waals surface area contributed by atoms with Gasteiger partial charge < -0.3 is 28.4 Å². The molecule has 0 unspecified atom stereocenters. The van der Waals surface area contributed by atoms with Gasteiger partial charge in [-0.2, -0.15) is 0 Å². The molecule has 0 aliphatic carbocycles. The number of unbranched alkanes of at least 4 members (excludes halogenated alkanes) is 4. The van der Waals surface area contributed by atoms with Gasteiger partial charge in [-0.1, -0.05) is 32.8 Å². The number of rotatable bonds is 19. The molecular weight excluding hydrogens is 536 g/mol. The second-order valence-electron chi connectivity index (χ2n) is 9.56. The fourth-order valence-corrected chi connectivity index (χ4v) is 3.81. The minimum Gasteiger partial charge on any atom is -0.494 e. The summed E-state index contributed by atoms with van der Waals surface area (Å²) in [5.74, 6) is 2.27. The normalized spacial score (nSPS) is 10.4. The Hall–Kier alpha value is -4.46. The maximum Gasteiger partial charge on any atom is 0.343 e. The number of carbonyl (C=O) groups excluding carboxylic acids is 2. The topological polar surface area (TPSA) is 89.5 Å². The Labute approximate surface area is 248 Å². The lowest BCUT2D eigenvalue weighted by molar-refractivity contribution is -0.137. The van der Waals surface area contributed by atoms with Crippen LogP contribution >= 0.6 is 0 Å². The van der Waals surface area contributed by atoms with Crippen LogP contribution in [0.3, 0.4) is 0 Å². The van der Waals surface area contributed by atoms with E-state index >= 15 is 0 Å². The summed E-state index contributed by atoms with van der Waals surface area (Å²) in [5, 5.41) is 0. The first-order chi connectivity index (χ1) is 20.5. The Kier molecular flexibility index (Phi) is 13.8. The summed E-state index contributed by atoms with van der Waals surface area (Å²) in [6.45, 7) is 8.93. The van der Waals surface area contributed by atoms with Crippen molar-refractivity contribution in [3.05, 3.63) is 90.5 Å². The van der Waals surface area contributed by atoms with E-state index in [2.05, 4.69) is 13.5 Å². The van der Waals surface area contributed by atoms with Gasteiger partial charge in [-0.05, 0) is 98.5 Å². The Morgan fingerprint density at radius 1 is 0.690 bits per heavy atom. The van der Waals surface area contributed by atoms with Gasteiger partial charge in [-0.25, -0.2) is 9.59 Å². The molecule has 0 spiro atoms. The van der Waals surface area contributed by atoms with Crippen LogP contribution in [-0.2, 0) is 9.53 Å². The minimum absolute atomic E-state index is 0.0347. The van der Waals surface area contributed by atoms with Gasteiger partial charge in [0.1, 0.15) is 28.7 Å². The maximum atomic E-state index is 12.7. The van der Waals surface area contributed by atoms with Gasteiger partial charge >= 0.3 is 11.9 Å². The molecule has 8 heteroatoms. The largest absolute Gasteiger partial charge is 0.494 e. The Bertz CT molecular complexity index is 1250. The van der Waals surface area contributed by atoms with Crippen LogP contribution < -0.4 is 23.7 Å². The van der Waals surface area contributed by atoms with Crippen molar-refractivity contribution in [2.24, 2.45) is 0 Å². The number of hydrogen-bond donors (Lipinski definition) is 0. The third-order valence-electron chi connectivity index (χ3n) is 6.20. The highest BCUT2D eigenvalue weighted by atomic mass is 16.7. The third-order valence-corrected chi connectivity index (χ3v) is 6.20. The summed E-state index contributed by atoms with van der Waals surface area (Å²) in [6.07, 6.45) is 7.23. The molecule has 0 saturated carbocycles. The van der Waals surface area contributed by atoms with Crippen molar-refractivity contribution >= 4 is 11.9 Å². The molecule has 0 radical (unpaired) electrons. The standard InChI is InChI=1S/C34H40O8/c1-4-6-7-8-21-37-29-15-17-30(18-16-29)40-25-41-31-19-20-32(26(3)24-31)42-34(36)27-11-13-28(14-12-27)38-22-9-10-23-39-33(35)5-2/h5,11-20,24H,2,4,6-10,21-23,25H2,1,3H3. The number of carbonyl (C=O) groups is 2. The summed E-state index contributed by atoms with van der Waals surface area (Å²) in [7, 11) is 0. The predicted octanol–water partition coefficient (Wildman–Crippen LogP) is 7.48. The van der Waals surface area contributed by atoms with E-state index in [-0.39, 0.29) is 6.79 Å². The van der Waals surface area contributed by atoms with Crippen molar-refractivity contribution in [1.82, 2.24) is 0 Å². The fourth-order valence-electron chi connectivity index (χ4n) is 3.81. The second kappa shape index (κ2) is 18.1. The van der Waals surface area contributed by atoms with E-state index in [0.29, 0.717) is 48.2 Å². The molecule has 3 aromatic carbocycles. The molecule has 224 valence electrons. The van der Waals surface area contributed by atoms with Crippen LogP contribution in [0.4, 0.5) is 0 Å². The average molecular weight is 577 g/mol. The van der Waals surface area contributed by atoms with Crippen LogP contribution in [0.2, 0.25) is 0 Å². The summed E-state index contributed by atoms with van der Waals surface area (Å²) >= 11 is 0. The van der Waals surface area contributed by atoms with Crippen molar-refractivity contribution in [2.45, 2.75) is 52.4 Å². The van der Waals surface area contributed by atoms with E-state index in [9.17, 15) is 9.59 Å². The van der Waals surface area contributed by atoms with Gasteiger partial charge in [0.15, 0.2) is 0 Å². The zero-order valence-electron chi connectivity index (χ0n) is 24.5. The molecule has 0 saturated heterocycles. The van der Waals surface area contributed by atoms with Crippen molar-refractivity contribution in [2.75, 3.05) is 26.6 Å². The van der Waals surface area contributed by atoms with E-state index in [1.54, 1.807) is 42.5 Å². The third kappa shape index (κ3) is 11.6. The van der Waals surface area contributed by atoms with E-state index < -0.39 is 11.9 Å². The van der Waals surface area contributed by atoms with Crippen LogP contribution in [0.25, 0.3) is 0 Å². The van der Waals surface area contributed by atoms with Crippen LogP contribution in [0.5, 0.6) is 28.7 Å². The molecule has 3 rings (SSSR count). The maximum absolute atomic E-state index is 12.7. The molecule has 0 amide bonds. The highest BCUT2D eigenvalue weighted by molar-refractivity contribution is 5.91. The molecule has 0 bridgehead atoms. The van der Waals surface area contributed by atoms with Crippen LogP contribution in [-0.4, -0.2) is 38.6 Å². The second-order valence-corrected chi connectivity index (χ2v) is 9.56.